The summed E-state index contributed by atoms with van der Waals surface area (Å²) in [5, 5.41) is 2.73. The van der Waals surface area contributed by atoms with E-state index in [0.29, 0.717) is 17.4 Å². The minimum absolute atomic E-state index is 0.0123. The number of anilines is 1. The Morgan fingerprint density at radius 1 is 1.28 bits per heavy atom. The van der Waals surface area contributed by atoms with Crippen molar-refractivity contribution in [1.82, 2.24) is 14.5 Å². The number of rotatable bonds is 5. The van der Waals surface area contributed by atoms with E-state index in [-0.39, 0.29) is 18.4 Å². The second kappa shape index (κ2) is 6.70. The molecule has 1 aliphatic rings. The van der Waals surface area contributed by atoms with Crippen molar-refractivity contribution in [3.05, 3.63) is 46.9 Å². The first-order chi connectivity index (χ1) is 11.9. The first-order valence-electron chi connectivity index (χ1n) is 8.53. The summed E-state index contributed by atoms with van der Waals surface area (Å²) in [6.07, 6.45) is 3.99. The van der Waals surface area contributed by atoms with E-state index in [0.717, 1.165) is 17.0 Å². The fourth-order valence-corrected chi connectivity index (χ4v) is 3.17. The van der Waals surface area contributed by atoms with E-state index < -0.39 is 0 Å². The highest BCUT2D eigenvalue weighted by Crippen LogP contribution is 2.38. The number of hydrogen-bond acceptors (Lipinski definition) is 3. The lowest BCUT2D eigenvalue weighted by Crippen LogP contribution is -2.35. The second-order valence-corrected chi connectivity index (χ2v) is 6.81. The fourth-order valence-electron chi connectivity index (χ4n) is 3.17. The minimum Gasteiger partial charge on any atom is -0.345 e. The number of amides is 2. The van der Waals surface area contributed by atoms with E-state index >= 15 is 0 Å². The molecule has 1 fully saturated rings. The lowest BCUT2D eigenvalue weighted by Gasteiger charge is -2.17. The monoisotopic (exact) mass is 340 g/mol. The van der Waals surface area contributed by atoms with Gasteiger partial charge in [-0.15, -0.1) is 0 Å². The zero-order valence-corrected chi connectivity index (χ0v) is 15.2. The van der Waals surface area contributed by atoms with Crippen molar-refractivity contribution in [3.63, 3.8) is 0 Å². The topological polar surface area (TPSA) is 67.2 Å². The Labute approximate surface area is 147 Å². The van der Waals surface area contributed by atoms with Crippen LogP contribution in [0.25, 0.3) is 0 Å². The fraction of sp³-hybridized carbons (Fsp3) is 0.421. The van der Waals surface area contributed by atoms with Gasteiger partial charge in [-0.1, -0.05) is 0 Å². The molecule has 25 heavy (non-hydrogen) atoms. The van der Waals surface area contributed by atoms with E-state index in [1.807, 2.05) is 32.9 Å². The summed E-state index contributed by atoms with van der Waals surface area (Å²) in [4.78, 5) is 30.5. The van der Waals surface area contributed by atoms with E-state index in [4.69, 9.17) is 0 Å². The number of likely N-dealkylation sites (N-methyl/N-ethyl adjacent to an activating group) is 1. The Balaban J connectivity index is 1.66. The SMILES string of the molecule is Cc1ccnc(NC(=O)CN(C)C(=O)c2cc(C)n(C3CC3)c2C)c1. The number of carbonyl (C=O) groups is 2. The van der Waals surface area contributed by atoms with E-state index in [2.05, 4.69) is 14.9 Å². The maximum absolute atomic E-state index is 12.7. The summed E-state index contributed by atoms with van der Waals surface area (Å²) >= 11 is 0. The van der Waals surface area contributed by atoms with Crippen LogP contribution in [0.15, 0.2) is 24.4 Å². The Morgan fingerprint density at radius 2 is 2.00 bits per heavy atom. The van der Waals surface area contributed by atoms with Crippen LogP contribution in [0.5, 0.6) is 0 Å². The molecule has 0 saturated heterocycles. The normalized spacial score (nSPS) is 13.6. The lowest BCUT2D eigenvalue weighted by molar-refractivity contribution is -0.116. The molecule has 0 spiro atoms. The van der Waals surface area contributed by atoms with Gasteiger partial charge in [-0.2, -0.15) is 0 Å². The standard InChI is InChI=1S/C19H24N4O2/c1-12-7-8-20-17(9-12)21-18(24)11-22(4)19(25)16-10-13(2)23(14(16)3)15-5-6-15/h7-10,15H,5-6,11H2,1-4H3,(H,20,21,24). The molecule has 2 amide bonds. The molecular weight excluding hydrogens is 316 g/mol. The van der Waals surface area contributed by atoms with Gasteiger partial charge in [0.1, 0.15) is 5.82 Å². The van der Waals surface area contributed by atoms with Crippen LogP contribution in [0.1, 0.15) is 46.2 Å². The molecule has 3 rings (SSSR count). The zero-order valence-electron chi connectivity index (χ0n) is 15.2. The van der Waals surface area contributed by atoms with Gasteiger partial charge in [0.05, 0.1) is 12.1 Å². The third-order valence-corrected chi connectivity index (χ3v) is 4.54. The number of pyridine rings is 1. The zero-order chi connectivity index (χ0) is 18.1. The summed E-state index contributed by atoms with van der Waals surface area (Å²) in [6.45, 7) is 5.92. The summed E-state index contributed by atoms with van der Waals surface area (Å²) in [7, 11) is 1.65. The Kier molecular flexibility index (Phi) is 4.61. The molecule has 6 nitrogen and oxygen atoms in total. The van der Waals surface area contributed by atoms with Crippen molar-refractivity contribution in [2.45, 2.75) is 39.7 Å². The molecule has 132 valence electrons. The highest BCUT2D eigenvalue weighted by atomic mass is 16.2. The molecule has 0 aliphatic heterocycles. The third-order valence-electron chi connectivity index (χ3n) is 4.54. The maximum Gasteiger partial charge on any atom is 0.255 e. The van der Waals surface area contributed by atoms with E-state index in [1.165, 1.54) is 17.7 Å². The molecule has 2 aromatic heterocycles. The second-order valence-electron chi connectivity index (χ2n) is 6.81. The lowest BCUT2D eigenvalue weighted by atomic mass is 10.2. The summed E-state index contributed by atoms with van der Waals surface area (Å²) < 4.78 is 2.23. The van der Waals surface area contributed by atoms with Crippen molar-refractivity contribution < 1.29 is 9.59 Å². The van der Waals surface area contributed by atoms with Gasteiger partial charge in [-0.3, -0.25) is 9.59 Å². The Hall–Kier alpha value is -2.63. The molecule has 0 bridgehead atoms. The first-order valence-corrected chi connectivity index (χ1v) is 8.53. The summed E-state index contributed by atoms with van der Waals surface area (Å²) in [5.74, 6) is 0.107. The van der Waals surface area contributed by atoms with E-state index in [9.17, 15) is 9.59 Å². The highest BCUT2D eigenvalue weighted by molar-refractivity contribution is 5.99. The molecule has 0 unspecified atom stereocenters. The number of aryl methyl sites for hydroxylation is 2. The van der Waals surface area contributed by atoms with Crippen LogP contribution in [0, 0.1) is 20.8 Å². The van der Waals surface area contributed by atoms with Crippen LogP contribution in [-0.2, 0) is 4.79 Å². The van der Waals surface area contributed by atoms with Crippen molar-refractivity contribution >= 4 is 17.6 Å². The maximum atomic E-state index is 12.7. The van der Waals surface area contributed by atoms with Gasteiger partial charge in [0.25, 0.3) is 5.91 Å². The number of carbonyl (C=O) groups excluding carboxylic acids is 2. The quantitative estimate of drug-likeness (QED) is 0.910. The molecule has 0 aromatic carbocycles. The van der Waals surface area contributed by atoms with Gasteiger partial charge >= 0.3 is 0 Å². The van der Waals surface area contributed by atoms with Crippen molar-refractivity contribution in [2.24, 2.45) is 0 Å². The van der Waals surface area contributed by atoms with Gasteiger partial charge < -0.3 is 14.8 Å². The van der Waals surface area contributed by atoms with Crippen molar-refractivity contribution in [2.75, 3.05) is 18.9 Å². The van der Waals surface area contributed by atoms with Gasteiger partial charge in [0.15, 0.2) is 0 Å². The average Bonchev–Trinajstić information content (AvgIpc) is 3.32. The molecule has 6 heteroatoms. The molecule has 2 heterocycles. The van der Waals surface area contributed by atoms with Crippen LogP contribution < -0.4 is 5.32 Å². The van der Waals surface area contributed by atoms with Gasteiger partial charge in [0.2, 0.25) is 5.91 Å². The summed E-state index contributed by atoms with van der Waals surface area (Å²) in [5.41, 5.74) is 3.78. The largest absolute Gasteiger partial charge is 0.345 e. The van der Waals surface area contributed by atoms with Crippen LogP contribution in [-0.4, -0.2) is 39.9 Å². The van der Waals surface area contributed by atoms with Gasteiger partial charge in [0, 0.05) is 30.7 Å². The highest BCUT2D eigenvalue weighted by Gasteiger charge is 2.29. The predicted molar refractivity (Wildman–Crippen MR) is 96.7 cm³/mol. The van der Waals surface area contributed by atoms with Gasteiger partial charge in [-0.05, 0) is 57.4 Å². The van der Waals surface area contributed by atoms with Crippen LogP contribution >= 0.6 is 0 Å². The smallest absolute Gasteiger partial charge is 0.255 e. The molecule has 1 aliphatic carbocycles. The Morgan fingerprint density at radius 3 is 2.64 bits per heavy atom. The van der Waals surface area contributed by atoms with Crippen molar-refractivity contribution in [3.8, 4) is 0 Å². The van der Waals surface area contributed by atoms with Crippen LogP contribution in [0.3, 0.4) is 0 Å². The predicted octanol–water partition coefficient (Wildman–Crippen LogP) is 2.85. The molecular formula is C19H24N4O2. The van der Waals surface area contributed by atoms with Gasteiger partial charge in [-0.25, -0.2) is 4.98 Å². The third kappa shape index (κ3) is 3.73. The number of aromatic nitrogens is 2. The van der Waals surface area contributed by atoms with E-state index in [1.54, 1.807) is 19.3 Å². The summed E-state index contributed by atoms with van der Waals surface area (Å²) in [6, 6.07) is 6.11. The van der Waals surface area contributed by atoms with Crippen LogP contribution in [0.2, 0.25) is 0 Å². The molecule has 0 atom stereocenters. The molecule has 1 saturated carbocycles. The molecule has 2 aromatic rings. The number of nitrogens with one attached hydrogen (secondary N) is 1. The Bertz CT molecular complexity index is 821. The molecule has 1 N–H and O–H groups in total. The molecule has 0 radical (unpaired) electrons. The minimum atomic E-state index is -0.259. The average molecular weight is 340 g/mol. The van der Waals surface area contributed by atoms with Crippen LogP contribution in [0.4, 0.5) is 5.82 Å². The first kappa shape index (κ1) is 17.2. The van der Waals surface area contributed by atoms with Crippen molar-refractivity contribution in [1.29, 1.82) is 0 Å². The number of hydrogen-bond donors (Lipinski definition) is 1. The number of nitrogens with zero attached hydrogens (tertiary/aromatic N) is 3.